The molecule has 1 atom stereocenters. The molecule has 36 heavy (non-hydrogen) atoms. The highest BCUT2D eigenvalue weighted by atomic mass is 35.5. The Bertz CT molecular complexity index is 1410. The molecule has 2 heterocycles. The summed E-state index contributed by atoms with van der Waals surface area (Å²) in [5.74, 6) is -0.416. The third-order valence-electron chi connectivity index (χ3n) is 5.98. The highest BCUT2D eigenvalue weighted by molar-refractivity contribution is 6.31. The number of aliphatic imine (C=N–C) groups is 1. The van der Waals surface area contributed by atoms with E-state index in [0.29, 0.717) is 11.4 Å². The number of fused-ring (bicyclic) bond motifs is 1. The van der Waals surface area contributed by atoms with Crippen molar-refractivity contribution in [1.29, 1.82) is 0 Å². The fourth-order valence-corrected chi connectivity index (χ4v) is 4.54. The van der Waals surface area contributed by atoms with Gasteiger partial charge in [-0.1, -0.05) is 72.3 Å². The molecule has 1 unspecified atom stereocenters. The van der Waals surface area contributed by atoms with Crippen molar-refractivity contribution in [3.8, 4) is 0 Å². The van der Waals surface area contributed by atoms with Gasteiger partial charge in [0.25, 0.3) is 5.91 Å². The van der Waals surface area contributed by atoms with Gasteiger partial charge in [0.2, 0.25) is 0 Å². The van der Waals surface area contributed by atoms with Crippen LogP contribution in [-0.4, -0.2) is 27.9 Å². The van der Waals surface area contributed by atoms with E-state index in [1.54, 1.807) is 10.9 Å². The molecule has 0 spiro atoms. The Morgan fingerprint density at radius 1 is 1.00 bits per heavy atom. The second kappa shape index (κ2) is 9.28. The predicted octanol–water partition coefficient (Wildman–Crippen LogP) is 6.95. The molecule has 0 N–H and O–H groups in total. The number of rotatable bonds is 4. The molecule has 5 nitrogen and oxygen atoms in total. The van der Waals surface area contributed by atoms with Gasteiger partial charge in [0, 0.05) is 23.4 Å². The number of halogens is 4. The van der Waals surface area contributed by atoms with E-state index >= 15 is 0 Å². The van der Waals surface area contributed by atoms with Crippen molar-refractivity contribution in [3.63, 3.8) is 0 Å². The van der Waals surface area contributed by atoms with Gasteiger partial charge < -0.3 is 4.90 Å². The summed E-state index contributed by atoms with van der Waals surface area (Å²) in [6.45, 7) is 2.10. The first-order chi connectivity index (χ1) is 17.2. The van der Waals surface area contributed by atoms with Crippen LogP contribution in [-0.2, 0) is 6.18 Å². The average Bonchev–Trinajstić information content (AvgIpc) is 3.30. The number of carbonyl (C=O) groups is 1. The van der Waals surface area contributed by atoms with Gasteiger partial charge in [-0.15, -0.1) is 0 Å². The van der Waals surface area contributed by atoms with Crippen molar-refractivity contribution >= 4 is 34.6 Å². The number of alkyl halides is 3. The lowest BCUT2D eigenvalue weighted by molar-refractivity contribution is -0.137. The largest absolute Gasteiger partial charge is 0.417 e. The number of nitrogens with zero attached hydrogens (tertiary/aromatic N) is 4. The summed E-state index contributed by atoms with van der Waals surface area (Å²) in [5.41, 5.74) is 2.36. The molecule has 182 valence electrons. The van der Waals surface area contributed by atoms with Crippen LogP contribution in [0, 0.1) is 0 Å². The van der Waals surface area contributed by atoms with E-state index in [1.165, 1.54) is 17.0 Å². The summed E-state index contributed by atoms with van der Waals surface area (Å²) in [5, 5.41) is 3.94. The molecule has 0 bridgehead atoms. The molecule has 0 radical (unpaired) electrons. The summed E-state index contributed by atoms with van der Waals surface area (Å²) < 4.78 is 41.1. The highest BCUT2D eigenvalue weighted by Gasteiger charge is 2.36. The zero-order valence-electron chi connectivity index (χ0n) is 19.1. The molecule has 4 aromatic rings. The van der Waals surface area contributed by atoms with E-state index in [1.807, 2.05) is 67.6 Å². The lowest BCUT2D eigenvalue weighted by Crippen LogP contribution is -2.42. The molecule has 0 saturated carbocycles. The first-order valence-corrected chi connectivity index (χ1v) is 11.6. The summed E-state index contributed by atoms with van der Waals surface area (Å²) in [6, 6.07) is 22.3. The van der Waals surface area contributed by atoms with Crippen molar-refractivity contribution < 1.29 is 18.0 Å². The van der Waals surface area contributed by atoms with E-state index in [0.717, 1.165) is 17.2 Å². The SMILES string of the molecule is CC1CN(c2ccc(C(F)(F)F)c(Cl)c2)C(=O)c2c(N=C(c3ccccc3)c3ccccc3)cnn21. The van der Waals surface area contributed by atoms with Crippen molar-refractivity contribution in [3.05, 3.63) is 112 Å². The maximum absolute atomic E-state index is 13.6. The number of aromatic nitrogens is 2. The van der Waals surface area contributed by atoms with Crippen LogP contribution in [0.4, 0.5) is 24.5 Å². The number of amides is 1. The smallest absolute Gasteiger partial charge is 0.305 e. The van der Waals surface area contributed by atoms with Crippen molar-refractivity contribution in [2.24, 2.45) is 4.99 Å². The minimum atomic E-state index is -4.58. The second-order valence-electron chi connectivity index (χ2n) is 8.44. The standard InChI is InChI=1S/C27H20ClF3N4O/c1-17-16-34(20-12-13-21(22(28)14-20)27(29,30)31)26(36)25-23(15-32-35(17)25)33-24(18-8-4-2-5-9-18)19-10-6-3-7-11-19/h2-15,17H,16H2,1H3. The van der Waals surface area contributed by atoms with Gasteiger partial charge in [0.15, 0.2) is 5.69 Å². The van der Waals surface area contributed by atoms with E-state index in [2.05, 4.69) is 5.10 Å². The molecule has 1 amide bonds. The van der Waals surface area contributed by atoms with E-state index < -0.39 is 22.7 Å². The van der Waals surface area contributed by atoms with Crippen LogP contribution < -0.4 is 4.90 Å². The van der Waals surface area contributed by atoms with E-state index in [9.17, 15) is 18.0 Å². The topological polar surface area (TPSA) is 50.5 Å². The van der Waals surface area contributed by atoms with Crippen LogP contribution in [0.15, 0.2) is 90.1 Å². The quantitative estimate of drug-likeness (QED) is 0.280. The number of carbonyl (C=O) groups excluding carboxylic acids is 1. The van der Waals surface area contributed by atoms with Gasteiger partial charge in [0.05, 0.1) is 28.5 Å². The van der Waals surface area contributed by atoms with Gasteiger partial charge >= 0.3 is 6.18 Å². The molecule has 0 fully saturated rings. The van der Waals surface area contributed by atoms with Crippen LogP contribution in [0.2, 0.25) is 5.02 Å². The predicted molar refractivity (Wildman–Crippen MR) is 133 cm³/mol. The summed E-state index contributed by atoms with van der Waals surface area (Å²) in [6.07, 6.45) is -3.04. The molecule has 1 aromatic heterocycles. The van der Waals surface area contributed by atoms with Crippen molar-refractivity contribution in [2.45, 2.75) is 19.1 Å². The summed E-state index contributed by atoms with van der Waals surface area (Å²) in [7, 11) is 0. The minimum Gasteiger partial charge on any atom is -0.305 e. The Labute approximate surface area is 210 Å². The molecule has 0 saturated heterocycles. The fraction of sp³-hybridized carbons (Fsp3) is 0.148. The normalized spacial score (nSPS) is 15.5. The molecular formula is C27H20ClF3N4O. The molecular weight excluding hydrogens is 489 g/mol. The van der Waals surface area contributed by atoms with Crippen LogP contribution in [0.5, 0.6) is 0 Å². The zero-order chi connectivity index (χ0) is 25.4. The molecule has 5 rings (SSSR count). The van der Waals surface area contributed by atoms with Crippen LogP contribution in [0.25, 0.3) is 0 Å². The maximum Gasteiger partial charge on any atom is 0.417 e. The second-order valence-corrected chi connectivity index (χ2v) is 8.85. The minimum absolute atomic E-state index is 0.225. The lowest BCUT2D eigenvalue weighted by atomic mass is 10.0. The number of hydrogen-bond acceptors (Lipinski definition) is 3. The average molecular weight is 509 g/mol. The third kappa shape index (κ3) is 4.40. The van der Waals surface area contributed by atoms with Gasteiger partial charge in [-0.05, 0) is 25.1 Å². The lowest BCUT2D eigenvalue weighted by Gasteiger charge is -2.32. The fourth-order valence-electron chi connectivity index (χ4n) is 4.26. The van der Waals surface area contributed by atoms with Gasteiger partial charge in [0.1, 0.15) is 5.69 Å². The van der Waals surface area contributed by atoms with Gasteiger partial charge in [-0.25, -0.2) is 4.99 Å². The summed E-state index contributed by atoms with van der Waals surface area (Å²) in [4.78, 5) is 19.9. The Balaban J connectivity index is 1.59. The third-order valence-corrected chi connectivity index (χ3v) is 6.30. The first kappa shape index (κ1) is 23.8. The number of hydrogen-bond donors (Lipinski definition) is 0. The molecule has 0 aliphatic carbocycles. The van der Waals surface area contributed by atoms with Crippen molar-refractivity contribution in [1.82, 2.24) is 9.78 Å². The number of anilines is 1. The maximum atomic E-state index is 13.6. The summed E-state index contributed by atoms with van der Waals surface area (Å²) >= 11 is 5.93. The molecule has 9 heteroatoms. The monoisotopic (exact) mass is 508 g/mol. The Hall–Kier alpha value is -3.91. The van der Waals surface area contributed by atoms with Gasteiger partial charge in [-0.2, -0.15) is 18.3 Å². The van der Waals surface area contributed by atoms with Crippen LogP contribution >= 0.6 is 11.6 Å². The molecule has 3 aromatic carbocycles. The Kier molecular flexibility index (Phi) is 6.14. The van der Waals surface area contributed by atoms with Gasteiger partial charge in [-0.3, -0.25) is 9.48 Å². The van der Waals surface area contributed by atoms with Crippen LogP contribution in [0.3, 0.4) is 0 Å². The zero-order valence-corrected chi connectivity index (χ0v) is 19.8. The van der Waals surface area contributed by atoms with E-state index in [4.69, 9.17) is 16.6 Å². The van der Waals surface area contributed by atoms with Crippen LogP contribution in [0.1, 0.15) is 40.1 Å². The first-order valence-electron chi connectivity index (χ1n) is 11.2. The molecule has 1 aliphatic rings. The van der Waals surface area contributed by atoms with E-state index in [-0.39, 0.29) is 24.0 Å². The Morgan fingerprint density at radius 2 is 1.61 bits per heavy atom. The number of benzene rings is 3. The van der Waals surface area contributed by atoms with Crippen molar-refractivity contribution in [2.75, 3.05) is 11.4 Å². The Morgan fingerprint density at radius 3 is 2.17 bits per heavy atom. The highest BCUT2D eigenvalue weighted by Crippen LogP contribution is 2.38. The molecule has 1 aliphatic heterocycles.